The molecule has 0 aliphatic carbocycles. The number of ether oxygens (including phenoxy) is 2. The predicted octanol–water partition coefficient (Wildman–Crippen LogP) is 5.31. The minimum atomic E-state index is -3.27. The molecule has 4 heterocycles. The molecule has 0 bridgehead atoms. The summed E-state index contributed by atoms with van der Waals surface area (Å²) in [6.07, 6.45) is 2.67. The van der Waals surface area contributed by atoms with Crippen LogP contribution in [0.4, 0.5) is 24.7 Å². The summed E-state index contributed by atoms with van der Waals surface area (Å²) in [6, 6.07) is 11.3. The largest absolute Gasteiger partial charge is 0.436 e. The maximum atomic E-state index is 14.0. The van der Waals surface area contributed by atoms with Crippen LogP contribution in [-0.4, -0.2) is 44.0 Å². The summed E-state index contributed by atoms with van der Waals surface area (Å²) in [6.45, 7) is 1.45. The number of rotatable bonds is 8. The Bertz CT molecular complexity index is 2140. The summed E-state index contributed by atoms with van der Waals surface area (Å²) in [4.78, 5) is 47.1. The molecule has 232 valence electrons. The third-order valence-electron chi connectivity index (χ3n) is 7.21. The quantitative estimate of drug-likeness (QED) is 0.134. The number of aromatic amines is 1. The number of aromatic nitrogens is 4. The van der Waals surface area contributed by atoms with Crippen molar-refractivity contribution < 1.29 is 37.0 Å². The Kier molecular flexibility index (Phi) is 7.24. The first-order valence-electron chi connectivity index (χ1n) is 13.6. The number of nitrogen functional groups attached to an aromatic ring is 1. The maximum Gasteiger partial charge on any atom is 0.387 e. The van der Waals surface area contributed by atoms with Gasteiger partial charge in [0.25, 0.3) is 5.91 Å². The number of amides is 2. The van der Waals surface area contributed by atoms with E-state index in [1.54, 1.807) is 19.1 Å². The molecular weight excluding hydrogens is 605 g/mol. The first-order valence-corrected chi connectivity index (χ1v) is 13.6. The van der Waals surface area contributed by atoms with E-state index in [0.717, 1.165) is 0 Å². The monoisotopic (exact) mass is 628 g/mol. The molecule has 2 aromatic carbocycles. The van der Waals surface area contributed by atoms with Gasteiger partial charge in [0.2, 0.25) is 11.7 Å². The van der Waals surface area contributed by atoms with Crippen molar-refractivity contribution in [3.05, 3.63) is 83.6 Å². The van der Waals surface area contributed by atoms with Gasteiger partial charge < -0.3 is 20.2 Å². The van der Waals surface area contributed by atoms with E-state index in [-0.39, 0.29) is 45.3 Å². The Morgan fingerprint density at radius 1 is 1.07 bits per heavy atom. The molecule has 0 atom stereocenters. The second-order valence-electron chi connectivity index (χ2n) is 10.8. The molecule has 5 aromatic rings. The lowest BCUT2D eigenvalue weighted by Gasteiger charge is -2.29. The number of fused-ring (bicyclic) bond motifs is 1. The summed E-state index contributed by atoms with van der Waals surface area (Å²) >= 11 is 0. The van der Waals surface area contributed by atoms with Crippen LogP contribution in [0.5, 0.6) is 17.4 Å². The summed E-state index contributed by atoms with van der Waals surface area (Å²) in [5.41, 5.74) is 6.11. The molecule has 3 N–H and O–H groups in total. The van der Waals surface area contributed by atoms with Crippen LogP contribution in [0.25, 0.3) is 16.6 Å². The van der Waals surface area contributed by atoms with Crippen LogP contribution in [0.2, 0.25) is 0 Å². The number of anilines is 2. The van der Waals surface area contributed by atoms with Gasteiger partial charge in [0.1, 0.15) is 11.2 Å². The highest BCUT2D eigenvalue weighted by Gasteiger charge is 2.39. The predicted molar refractivity (Wildman–Crippen MR) is 159 cm³/mol. The van der Waals surface area contributed by atoms with Crippen LogP contribution in [-0.2, 0) is 9.59 Å². The molecule has 46 heavy (non-hydrogen) atoms. The molecule has 0 saturated heterocycles. The van der Waals surface area contributed by atoms with Gasteiger partial charge in [0.15, 0.2) is 17.3 Å². The highest BCUT2D eigenvalue weighted by Crippen LogP contribution is 2.38. The summed E-state index contributed by atoms with van der Waals surface area (Å²) < 4.78 is 52.2. The van der Waals surface area contributed by atoms with E-state index < -0.39 is 41.2 Å². The highest BCUT2D eigenvalue weighted by atomic mass is 19.3. The molecule has 0 spiro atoms. The normalized spacial score (nSPS) is 14.0. The number of H-pyrrole nitrogens is 1. The number of aryl methyl sites for hydroxylation is 1. The lowest BCUT2D eigenvalue weighted by molar-refractivity contribution is -0.128. The third kappa shape index (κ3) is 5.28. The van der Waals surface area contributed by atoms with Crippen molar-refractivity contribution in [3.63, 3.8) is 0 Å². The van der Waals surface area contributed by atoms with E-state index >= 15 is 0 Å². The van der Waals surface area contributed by atoms with Crippen LogP contribution in [0.3, 0.4) is 0 Å². The Hall–Kier alpha value is -6.10. The number of benzene rings is 2. The molecule has 0 fully saturated rings. The van der Waals surface area contributed by atoms with E-state index in [9.17, 15) is 27.6 Å². The van der Waals surface area contributed by atoms with E-state index in [4.69, 9.17) is 10.5 Å². The van der Waals surface area contributed by atoms with Crippen LogP contribution >= 0.6 is 0 Å². The minimum Gasteiger partial charge on any atom is -0.436 e. The second-order valence-corrected chi connectivity index (χ2v) is 10.8. The Morgan fingerprint density at radius 3 is 2.54 bits per heavy atom. The summed E-state index contributed by atoms with van der Waals surface area (Å²) in [7, 11) is 0. The topological polar surface area (TPSA) is 145 Å². The maximum absolute atomic E-state index is 14.0. The summed E-state index contributed by atoms with van der Waals surface area (Å²) in [5.74, 6) is 1.75. The van der Waals surface area contributed by atoms with Gasteiger partial charge in [-0.15, -0.1) is 0 Å². The Labute approximate surface area is 258 Å². The van der Waals surface area contributed by atoms with E-state index in [0.29, 0.717) is 16.2 Å². The van der Waals surface area contributed by atoms with Crippen molar-refractivity contribution in [1.29, 1.82) is 0 Å². The Morgan fingerprint density at radius 2 is 1.83 bits per heavy atom. The number of alkyl halides is 2. The lowest BCUT2D eigenvalue weighted by atomic mass is 9.90. The number of para-hydroxylation sites is 1. The minimum absolute atomic E-state index is 0.00128. The van der Waals surface area contributed by atoms with Crippen LogP contribution in [0, 0.1) is 30.0 Å². The molecule has 0 saturated carbocycles. The summed E-state index contributed by atoms with van der Waals surface area (Å²) in [5, 5.41) is 4.52. The zero-order valence-corrected chi connectivity index (χ0v) is 24.4. The molecule has 0 radical (unpaired) electrons. The number of hydrogen-bond acceptors (Lipinski definition) is 8. The zero-order valence-electron chi connectivity index (χ0n) is 24.4. The van der Waals surface area contributed by atoms with Gasteiger partial charge in [0.05, 0.1) is 35.0 Å². The number of hydrogen-bond donors (Lipinski definition) is 2. The van der Waals surface area contributed by atoms with Crippen LogP contribution in [0.1, 0.15) is 35.5 Å². The number of ketones is 1. The highest BCUT2D eigenvalue weighted by molar-refractivity contribution is 6.26. The van der Waals surface area contributed by atoms with Gasteiger partial charge >= 0.3 is 12.5 Å². The van der Waals surface area contributed by atoms with Crippen LogP contribution < -0.4 is 20.1 Å². The van der Waals surface area contributed by atoms with E-state index in [1.165, 1.54) is 67.3 Å². The fraction of sp³-hybridized carbons (Fsp3) is 0.156. The van der Waals surface area contributed by atoms with Gasteiger partial charge in [-0.1, -0.05) is 18.1 Å². The average molecular weight is 629 g/mol. The van der Waals surface area contributed by atoms with Gasteiger partial charge in [-0.05, 0) is 62.6 Å². The number of pyridine rings is 1. The number of nitrogens with two attached hydrogens (primary N) is 1. The van der Waals surface area contributed by atoms with Gasteiger partial charge in [-0.2, -0.15) is 13.9 Å². The fourth-order valence-corrected chi connectivity index (χ4v) is 4.86. The van der Waals surface area contributed by atoms with Gasteiger partial charge in [-0.25, -0.2) is 19.0 Å². The van der Waals surface area contributed by atoms with Crippen molar-refractivity contribution >= 4 is 40.0 Å². The van der Waals surface area contributed by atoms with Gasteiger partial charge in [-0.3, -0.25) is 14.4 Å². The molecular formula is C32H23F3N6O5. The first kappa shape index (κ1) is 29.9. The van der Waals surface area contributed by atoms with Crippen molar-refractivity contribution in [2.24, 2.45) is 5.41 Å². The molecule has 6 rings (SSSR count). The van der Waals surface area contributed by atoms with Gasteiger partial charge in [0, 0.05) is 17.0 Å². The number of carbonyl (C=O) groups is 3. The second kappa shape index (κ2) is 11.1. The zero-order chi connectivity index (χ0) is 32.9. The Balaban J connectivity index is 1.33. The van der Waals surface area contributed by atoms with Crippen molar-refractivity contribution in [2.45, 2.75) is 27.4 Å². The average Bonchev–Trinajstić information content (AvgIpc) is 3.59. The third-order valence-corrected chi connectivity index (χ3v) is 7.21. The lowest BCUT2D eigenvalue weighted by Crippen LogP contribution is -2.47. The fourth-order valence-electron chi connectivity index (χ4n) is 4.86. The molecule has 1 aliphatic rings. The molecule has 1 aliphatic heterocycles. The molecule has 11 nitrogen and oxygen atoms in total. The standard InChI is InChI=1S/C32H23F3N6O5/c1-16-10-26(45-24-7-5-4-6-19(24)33)37-15-23(16)41-29(36)18(14-38-41)28(43)21-11-17-12-25(46-31(34)35)22(13-20(17)39-21)40-27(42)8-9-32(2,3)30(40)44/h4-7,10-15,31,39H,36H2,1-3H3. The number of carbonyl (C=O) groups excluding carboxylic acids is 3. The SMILES string of the molecule is Cc1cc(Oc2ccccc2F)ncc1-n1ncc(C(=O)c2cc3cc(OC(F)F)c(N4C(=O)C#CC(C)(C)C4=O)cc3[nH]2)c1N. The van der Waals surface area contributed by atoms with Crippen molar-refractivity contribution in [3.8, 4) is 34.9 Å². The smallest absolute Gasteiger partial charge is 0.387 e. The van der Waals surface area contributed by atoms with E-state index in [1.807, 2.05) is 0 Å². The van der Waals surface area contributed by atoms with Crippen molar-refractivity contribution in [2.75, 3.05) is 10.6 Å². The first-order chi connectivity index (χ1) is 21.8. The van der Waals surface area contributed by atoms with Crippen molar-refractivity contribution in [1.82, 2.24) is 19.7 Å². The number of nitrogens with one attached hydrogen (secondary N) is 1. The number of imide groups is 1. The van der Waals surface area contributed by atoms with E-state index in [2.05, 4.69) is 31.6 Å². The molecule has 3 aromatic heterocycles. The molecule has 2 amide bonds. The molecule has 14 heteroatoms. The molecule has 0 unspecified atom stereocenters. The number of nitrogens with zero attached hydrogens (tertiary/aromatic N) is 4. The number of halogens is 3. The van der Waals surface area contributed by atoms with Crippen LogP contribution in [0.15, 0.2) is 60.9 Å².